The first-order valence-electron chi connectivity index (χ1n) is 6.74. The SMILES string of the molecule is CCC(C)n1c(=O)n(C)c(=O)c2c1nc(C(C)N)n2C. The van der Waals surface area contributed by atoms with Crippen molar-refractivity contribution in [3.63, 3.8) is 0 Å². The van der Waals surface area contributed by atoms with Crippen LogP contribution in [0.25, 0.3) is 11.2 Å². The smallest absolute Gasteiger partial charge is 0.324 e. The lowest BCUT2D eigenvalue weighted by molar-refractivity contribution is 0.499. The fraction of sp³-hybridized carbons (Fsp3) is 0.615. The van der Waals surface area contributed by atoms with Crippen LogP contribution in [-0.2, 0) is 14.1 Å². The Bertz CT molecular complexity index is 766. The second-order valence-electron chi connectivity index (χ2n) is 5.26. The number of hydrogen-bond acceptors (Lipinski definition) is 4. The Kier molecular flexibility index (Phi) is 3.56. The van der Waals surface area contributed by atoms with E-state index in [0.717, 1.165) is 11.0 Å². The predicted molar refractivity (Wildman–Crippen MR) is 77.8 cm³/mol. The summed E-state index contributed by atoms with van der Waals surface area (Å²) in [6.07, 6.45) is 0.775. The van der Waals surface area contributed by atoms with Crippen LogP contribution < -0.4 is 17.0 Å². The number of aromatic nitrogens is 4. The van der Waals surface area contributed by atoms with Crippen LogP contribution in [0.15, 0.2) is 9.59 Å². The van der Waals surface area contributed by atoms with Gasteiger partial charge in [0.25, 0.3) is 5.56 Å². The second kappa shape index (κ2) is 4.90. The summed E-state index contributed by atoms with van der Waals surface area (Å²) in [5.41, 5.74) is 6.04. The third-order valence-corrected chi connectivity index (χ3v) is 3.78. The van der Waals surface area contributed by atoms with Crippen molar-refractivity contribution in [1.29, 1.82) is 0 Å². The number of aryl methyl sites for hydroxylation is 1. The molecule has 0 aliphatic heterocycles. The molecule has 2 N–H and O–H groups in total. The zero-order valence-electron chi connectivity index (χ0n) is 12.5. The summed E-state index contributed by atoms with van der Waals surface area (Å²) in [6.45, 7) is 5.73. The van der Waals surface area contributed by atoms with Crippen LogP contribution in [0, 0.1) is 0 Å². The molecule has 2 atom stereocenters. The molecule has 0 aromatic carbocycles. The largest absolute Gasteiger partial charge is 0.332 e. The number of hydrogen-bond donors (Lipinski definition) is 1. The van der Waals surface area contributed by atoms with Crippen molar-refractivity contribution in [1.82, 2.24) is 18.7 Å². The lowest BCUT2D eigenvalue weighted by Crippen LogP contribution is -2.39. The first-order chi connectivity index (χ1) is 9.31. The van der Waals surface area contributed by atoms with Crippen LogP contribution in [0.2, 0.25) is 0 Å². The van der Waals surface area contributed by atoms with Crippen molar-refractivity contribution in [3.05, 3.63) is 26.7 Å². The zero-order chi connectivity index (χ0) is 15.2. The minimum Gasteiger partial charge on any atom is -0.324 e. The highest BCUT2D eigenvalue weighted by molar-refractivity contribution is 5.71. The molecule has 0 amide bonds. The van der Waals surface area contributed by atoms with Gasteiger partial charge in [0, 0.05) is 20.1 Å². The van der Waals surface area contributed by atoms with Gasteiger partial charge in [-0.2, -0.15) is 0 Å². The Morgan fingerprint density at radius 2 is 1.80 bits per heavy atom. The summed E-state index contributed by atoms with van der Waals surface area (Å²) < 4.78 is 4.38. The van der Waals surface area contributed by atoms with Crippen molar-refractivity contribution >= 4 is 11.2 Å². The van der Waals surface area contributed by atoms with E-state index in [9.17, 15) is 9.59 Å². The van der Waals surface area contributed by atoms with Crippen molar-refractivity contribution < 1.29 is 0 Å². The van der Waals surface area contributed by atoms with Gasteiger partial charge in [-0.15, -0.1) is 0 Å². The molecule has 0 bridgehead atoms. The van der Waals surface area contributed by atoms with Crippen LogP contribution in [0.5, 0.6) is 0 Å². The Morgan fingerprint density at radius 3 is 2.30 bits per heavy atom. The zero-order valence-corrected chi connectivity index (χ0v) is 12.5. The maximum absolute atomic E-state index is 12.3. The third kappa shape index (κ3) is 1.89. The average molecular weight is 279 g/mol. The Hall–Kier alpha value is -1.89. The highest BCUT2D eigenvalue weighted by atomic mass is 16.2. The molecule has 0 aliphatic rings. The quantitative estimate of drug-likeness (QED) is 0.882. The van der Waals surface area contributed by atoms with Gasteiger partial charge < -0.3 is 10.3 Å². The number of imidazole rings is 1. The molecule has 7 nitrogen and oxygen atoms in total. The standard InChI is InChI=1S/C13H21N5O2/c1-6-7(2)18-11-9(12(19)17(5)13(18)20)16(4)10(15-11)8(3)14/h7-8H,6,14H2,1-5H3. The Labute approximate surface area is 116 Å². The van der Waals surface area contributed by atoms with Gasteiger partial charge in [-0.3, -0.25) is 13.9 Å². The monoisotopic (exact) mass is 279 g/mol. The number of rotatable bonds is 3. The lowest BCUT2D eigenvalue weighted by atomic mass is 10.2. The number of nitrogens with zero attached hydrogens (tertiary/aromatic N) is 4. The van der Waals surface area contributed by atoms with Gasteiger partial charge in [0.05, 0.1) is 6.04 Å². The topological polar surface area (TPSA) is 87.8 Å². The molecule has 2 rings (SSSR count). The number of nitrogens with two attached hydrogens (primary N) is 1. The average Bonchev–Trinajstić information content (AvgIpc) is 2.74. The highest BCUT2D eigenvalue weighted by Crippen LogP contribution is 2.18. The van der Waals surface area contributed by atoms with E-state index in [4.69, 9.17) is 5.73 Å². The molecule has 110 valence electrons. The highest BCUT2D eigenvalue weighted by Gasteiger charge is 2.21. The maximum atomic E-state index is 12.3. The predicted octanol–water partition coefficient (Wildman–Crippen LogP) is 0.424. The molecule has 2 aromatic heterocycles. The van der Waals surface area contributed by atoms with Crippen LogP contribution in [0.4, 0.5) is 0 Å². The van der Waals surface area contributed by atoms with Gasteiger partial charge in [0.2, 0.25) is 0 Å². The first kappa shape index (κ1) is 14.5. The molecule has 2 heterocycles. The van der Waals surface area contributed by atoms with Gasteiger partial charge in [-0.05, 0) is 20.3 Å². The number of fused-ring (bicyclic) bond motifs is 1. The summed E-state index contributed by atoms with van der Waals surface area (Å²) >= 11 is 0. The second-order valence-corrected chi connectivity index (χ2v) is 5.26. The normalized spacial score (nSPS) is 14.7. The van der Waals surface area contributed by atoms with E-state index in [1.165, 1.54) is 7.05 Å². The molecule has 2 unspecified atom stereocenters. The van der Waals surface area contributed by atoms with Crippen LogP contribution in [0.1, 0.15) is 45.1 Å². The van der Waals surface area contributed by atoms with Crippen LogP contribution in [-0.4, -0.2) is 18.7 Å². The van der Waals surface area contributed by atoms with E-state index >= 15 is 0 Å². The Morgan fingerprint density at radius 1 is 1.20 bits per heavy atom. The summed E-state index contributed by atoms with van der Waals surface area (Å²) in [7, 11) is 3.24. The van der Waals surface area contributed by atoms with Gasteiger partial charge in [-0.1, -0.05) is 6.92 Å². The third-order valence-electron chi connectivity index (χ3n) is 3.78. The molecule has 0 spiro atoms. The molecule has 2 aromatic rings. The van der Waals surface area contributed by atoms with E-state index < -0.39 is 0 Å². The van der Waals surface area contributed by atoms with E-state index in [1.807, 2.05) is 13.8 Å². The van der Waals surface area contributed by atoms with E-state index in [1.54, 1.807) is 23.1 Å². The van der Waals surface area contributed by atoms with Gasteiger partial charge in [0.15, 0.2) is 11.2 Å². The maximum Gasteiger partial charge on any atom is 0.332 e. The minimum absolute atomic E-state index is 0.0346. The molecule has 0 aliphatic carbocycles. The van der Waals surface area contributed by atoms with E-state index in [0.29, 0.717) is 17.0 Å². The summed E-state index contributed by atoms with van der Waals surface area (Å²) in [5, 5.41) is 0. The molecule has 20 heavy (non-hydrogen) atoms. The van der Waals surface area contributed by atoms with Crippen molar-refractivity contribution in [2.45, 2.75) is 39.3 Å². The molecule has 0 saturated carbocycles. The van der Waals surface area contributed by atoms with Gasteiger partial charge in [0.1, 0.15) is 5.82 Å². The fourth-order valence-corrected chi connectivity index (χ4v) is 2.39. The van der Waals surface area contributed by atoms with Crippen molar-refractivity contribution in [3.8, 4) is 0 Å². The molecule has 0 fully saturated rings. The summed E-state index contributed by atoms with van der Waals surface area (Å²) in [4.78, 5) is 29.1. The van der Waals surface area contributed by atoms with Crippen LogP contribution in [0.3, 0.4) is 0 Å². The lowest BCUT2D eigenvalue weighted by Gasteiger charge is -2.14. The van der Waals surface area contributed by atoms with Gasteiger partial charge in [-0.25, -0.2) is 9.78 Å². The molecular formula is C13H21N5O2. The van der Waals surface area contributed by atoms with Crippen LogP contribution >= 0.6 is 0 Å². The van der Waals surface area contributed by atoms with E-state index in [-0.39, 0.29) is 23.3 Å². The molecule has 7 heteroatoms. The fourth-order valence-electron chi connectivity index (χ4n) is 2.39. The van der Waals surface area contributed by atoms with Gasteiger partial charge >= 0.3 is 5.69 Å². The molecular weight excluding hydrogens is 258 g/mol. The van der Waals surface area contributed by atoms with E-state index in [2.05, 4.69) is 4.98 Å². The molecule has 0 radical (unpaired) electrons. The summed E-state index contributed by atoms with van der Waals surface area (Å²) in [6, 6.07) is -0.342. The van der Waals surface area contributed by atoms with Crippen molar-refractivity contribution in [2.75, 3.05) is 0 Å². The minimum atomic E-state index is -0.342. The molecule has 0 saturated heterocycles. The Balaban J connectivity index is 3.04. The first-order valence-corrected chi connectivity index (χ1v) is 6.74. The van der Waals surface area contributed by atoms with Crippen molar-refractivity contribution in [2.24, 2.45) is 19.8 Å². The summed E-state index contributed by atoms with van der Waals surface area (Å²) in [5.74, 6) is 0.597.